The van der Waals surface area contributed by atoms with E-state index in [0.717, 1.165) is 19.1 Å². The molecule has 9 heteroatoms. The third kappa shape index (κ3) is 4.30. The van der Waals surface area contributed by atoms with Gasteiger partial charge in [0.15, 0.2) is 0 Å². The lowest BCUT2D eigenvalue weighted by atomic mass is 9.78. The van der Waals surface area contributed by atoms with E-state index in [1.165, 1.54) is 0 Å². The highest BCUT2D eigenvalue weighted by Gasteiger charge is 2.51. The zero-order valence-corrected chi connectivity index (χ0v) is 17.4. The molecule has 7 nitrogen and oxygen atoms in total. The van der Waals surface area contributed by atoms with Gasteiger partial charge in [-0.25, -0.2) is 8.42 Å². The number of carbonyl (C=O) groups excluding carboxylic acids is 1. The van der Waals surface area contributed by atoms with Crippen LogP contribution in [0.4, 0.5) is 5.69 Å². The average molecular weight is 394 g/mol. The van der Waals surface area contributed by atoms with Crippen molar-refractivity contribution in [3.05, 3.63) is 23.8 Å². The molecule has 148 valence electrons. The van der Waals surface area contributed by atoms with Gasteiger partial charge in [0.2, 0.25) is 10.0 Å². The lowest BCUT2D eigenvalue weighted by Crippen LogP contribution is -2.41. The summed E-state index contributed by atoms with van der Waals surface area (Å²) in [7, 11) is -4.16. The van der Waals surface area contributed by atoms with Crippen molar-refractivity contribution in [1.29, 1.82) is 0 Å². The van der Waals surface area contributed by atoms with Gasteiger partial charge in [-0.05, 0) is 64.2 Å². The second-order valence-corrected chi connectivity index (χ2v) is 10.1. The SMILES string of the molecule is CC1(C)OB(c2cc(NS(C)(=O)=O)cc(C(=O)N3CCCC3)c2)OC1(C)C. The molecule has 2 saturated heterocycles. The topological polar surface area (TPSA) is 84.9 Å². The van der Waals surface area contributed by atoms with Crippen molar-refractivity contribution in [2.75, 3.05) is 24.1 Å². The number of benzene rings is 1. The Morgan fingerprint density at radius 2 is 1.63 bits per heavy atom. The Balaban J connectivity index is 1.99. The molecule has 1 aromatic rings. The van der Waals surface area contributed by atoms with E-state index in [0.29, 0.717) is 29.8 Å². The smallest absolute Gasteiger partial charge is 0.399 e. The van der Waals surface area contributed by atoms with Crippen molar-refractivity contribution in [2.24, 2.45) is 0 Å². The molecule has 1 amide bonds. The van der Waals surface area contributed by atoms with Crippen molar-refractivity contribution >= 4 is 34.2 Å². The molecule has 3 rings (SSSR count). The molecule has 27 heavy (non-hydrogen) atoms. The van der Waals surface area contributed by atoms with E-state index in [2.05, 4.69) is 4.72 Å². The summed E-state index contributed by atoms with van der Waals surface area (Å²) in [6.45, 7) is 9.22. The Labute approximate surface area is 161 Å². The Morgan fingerprint density at radius 3 is 2.15 bits per heavy atom. The molecule has 0 spiro atoms. The largest absolute Gasteiger partial charge is 0.494 e. The molecule has 2 aliphatic heterocycles. The highest BCUT2D eigenvalue weighted by Crippen LogP contribution is 2.36. The van der Waals surface area contributed by atoms with Gasteiger partial charge in [-0.15, -0.1) is 0 Å². The van der Waals surface area contributed by atoms with Gasteiger partial charge in [0.05, 0.1) is 17.5 Å². The van der Waals surface area contributed by atoms with E-state index in [4.69, 9.17) is 9.31 Å². The summed E-state index contributed by atoms with van der Waals surface area (Å²) >= 11 is 0. The van der Waals surface area contributed by atoms with Crippen molar-refractivity contribution in [2.45, 2.75) is 51.7 Å². The van der Waals surface area contributed by atoms with Crippen LogP contribution in [-0.2, 0) is 19.3 Å². The summed E-state index contributed by atoms with van der Waals surface area (Å²) in [6, 6.07) is 4.96. The van der Waals surface area contributed by atoms with Crippen LogP contribution < -0.4 is 10.2 Å². The zero-order chi connectivity index (χ0) is 20.0. The first-order chi connectivity index (χ1) is 12.4. The monoisotopic (exact) mass is 394 g/mol. The fourth-order valence-electron chi connectivity index (χ4n) is 3.27. The van der Waals surface area contributed by atoms with Crippen LogP contribution in [0, 0.1) is 0 Å². The van der Waals surface area contributed by atoms with Gasteiger partial charge >= 0.3 is 7.12 Å². The first-order valence-corrected chi connectivity index (χ1v) is 11.0. The minimum Gasteiger partial charge on any atom is -0.399 e. The van der Waals surface area contributed by atoms with Crippen molar-refractivity contribution < 1.29 is 22.5 Å². The standard InChI is InChI=1S/C18H27BN2O5S/c1-17(2)18(3,4)26-19(25-17)14-10-13(16(22)21-8-6-7-9-21)11-15(12-14)20-27(5,23)24/h10-12,20H,6-9H2,1-5H3. The summed E-state index contributed by atoms with van der Waals surface area (Å²) in [5.74, 6) is -0.109. The molecule has 0 saturated carbocycles. The molecule has 0 bridgehead atoms. The van der Waals surface area contributed by atoms with E-state index >= 15 is 0 Å². The van der Waals surface area contributed by atoms with Crippen molar-refractivity contribution in [1.82, 2.24) is 4.90 Å². The summed E-state index contributed by atoms with van der Waals surface area (Å²) < 4.78 is 38.0. The Bertz CT molecular complexity index is 831. The lowest BCUT2D eigenvalue weighted by Gasteiger charge is -2.32. The summed E-state index contributed by atoms with van der Waals surface area (Å²) in [6.07, 6.45) is 3.05. The lowest BCUT2D eigenvalue weighted by molar-refractivity contribution is 0.00578. The number of anilines is 1. The van der Waals surface area contributed by atoms with Crippen LogP contribution in [0.15, 0.2) is 18.2 Å². The number of nitrogens with zero attached hydrogens (tertiary/aromatic N) is 1. The van der Waals surface area contributed by atoms with E-state index in [9.17, 15) is 13.2 Å². The molecule has 1 N–H and O–H groups in total. The van der Waals surface area contributed by atoms with Crippen LogP contribution in [0.3, 0.4) is 0 Å². The maximum absolute atomic E-state index is 12.9. The number of sulfonamides is 1. The van der Waals surface area contributed by atoms with E-state index in [1.54, 1.807) is 23.1 Å². The maximum atomic E-state index is 12.9. The van der Waals surface area contributed by atoms with E-state index < -0.39 is 28.3 Å². The van der Waals surface area contributed by atoms with Crippen molar-refractivity contribution in [3.8, 4) is 0 Å². The van der Waals surface area contributed by atoms with Crippen molar-refractivity contribution in [3.63, 3.8) is 0 Å². The predicted molar refractivity (Wildman–Crippen MR) is 106 cm³/mol. The average Bonchev–Trinajstić information content (AvgIpc) is 3.11. The molecule has 2 heterocycles. The van der Waals surface area contributed by atoms with Gasteiger partial charge in [0.1, 0.15) is 0 Å². The molecule has 0 aromatic heterocycles. The van der Waals surface area contributed by atoms with Crippen LogP contribution in [0.5, 0.6) is 0 Å². The second-order valence-electron chi connectivity index (χ2n) is 8.31. The van der Waals surface area contributed by atoms with Gasteiger partial charge < -0.3 is 14.2 Å². The third-order valence-electron chi connectivity index (χ3n) is 5.42. The Kier molecular flexibility index (Phi) is 5.07. The molecule has 0 unspecified atom stereocenters. The van der Waals surface area contributed by atoms with Crippen LogP contribution in [0.25, 0.3) is 0 Å². The van der Waals surface area contributed by atoms with E-state index in [-0.39, 0.29) is 5.91 Å². The number of rotatable bonds is 4. The quantitative estimate of drug-likeness (QED) is 0.785. The summed E-state index contributed by atoms with van der Waals surface area (Å²) in [5, 5.41) is 0. The van der Waals surface area contributed by atoms with Crippen LogP contribution in [-0.4, -0.2) is 56.9 Å². The normalized spacial score (nSPS) is 21.5. The van der Waals surface area contributed by atoms with Crippen LogP contribution in [0.1, 0.15) is 50.9 Å². The Morgan fingerprint density at radius 1 is 1.07 bits per heavy atom. The predicted octanol–water partition coefficient (Wildman–Crippen LogP) is 1.59. The molecule has 1 aromatic carbocycles. The fourth-order valence-corrected chi connectivity index (χ4v) is 3.81. The van der Waals surface area contributed by atoms with E-state index in [1.807, 2.05) is 27.7 Å². The summed E-state index contributed by atoms with van der Waals surface area (Å²) in [4.78, 5) is 14.6. The zero-order valence-electron chi connectivity index (χ0n) is 16.5. The highest BCUT2D eigenvalue weighted by molar-refractivity contribution is 7.92. The number of carbonyl (C=O) groups is 1. The minimum atomic E-state index is -3.48. The molecule has 2 fully saturated rings. The summed E-state index contributed by atoms with van der Waals surface area (Å²) in [5.41, 5.74) is 0.307. The minimum absolute atomic E-state index is 0.109. The molecular weight excluding hydrogens is 367 g/mol. The molecule has 2 aliphatic rings. The number of hydrogen-bond donors (Lipinski definition) is 1. The van der Waals surface area contributed by atoms with Crippen LogP contribution in [0.2, 0.25) is 0 Å². The maximum Gasteiger partial charge on any atom is 0.494 e. The Hall–Kier alpha value is -1.58. The van der Waals surface area contributed by atoms with Gasteiger partial charge in [-0.2, -0.15) is 0 Å². The molecule has 0 aliphatic carbocycles. The number of amides is 1. The second kappa shape index (κ2) is 6.79. The number of nitrogens with one attached hydrogen (secondary N) is 1. The first-order valence-electron chi connectivity index (χ1n) is 9.16. The van der Waals surface area contributed by atoms with Gasteiger partial charge in [-0.3, -0.25) is 9.52 Å². The van der Waals surface area contributed by atoms with Gasteiger partial charge in [0.25, 0.3) is 5.91 Å². The highest BCUT2D eigenvalue weighted by atomic mass is 32.2. The molecular formula is C18H27BN2O5S. The molecule has 0 radical (unpaired) electrons. The van der Waals surface area contributed by atoms with Gasteiger partial charge in [0, 0.05) is 24.3 Å². The first kappa shape index (κ1) is 20.2. The van der Waals surface area contributed by atoms with Gasteiger partial charge in [-0.1, -0.05) is 0 Å². The number of likely N-dealkylation sites (tertiary alicyclic amines) is 1. The third-order valence-corrected chi connectivity index (χ3v) is 6.03. The fraction of sp³-hybridized carbons (Fsp3) is 0.611. The molecule has 0 atom stereocenters. The van der Waals surface area contributed by atoms with Crippen LogP contribution >= 0.6 is 0 Å². The number of hydrogen-bond acceptors (Lipinski definition) is 5.